The second kappa shape index (κ2) is 8.46. The lowest BCUT2D eigenvalue weighted by molar-refractivity contribution is -0.152. The molecule has 9 heteroatoms. The van der Waals surface area contributed by atoms with E-state index in [2.05, 4.69) is 0 Å². The van der Waals surface area contributed by atoms with E-state index in [1.54, 1.807) is 24.3 Å². The molecule has 2 aromatic rings. The third-order valence-corrected chi connectivity index (χ3v) is 5.61. The molecule has 2 N–H and O–H groups in total. The number of aliphatic hydroxyl groups is 1. The van der Waals surface area contributed by atoms with Gasteiger partial charge in [-0.25, -0.2) is 4.79 Å². The van der Waals surface area contributed by atoms with Gasteiger partial charge in [0.15, 0.2) is 5.60 Å². The number of piperidine rings is 1. The van der Waals surface area contributed by atoms with Gasteiger partial charge in [-0.1, -0.05) is 18.2 Å². The number of likely N-dealkylation sites (tertiary alicyclic amines) is 1. The molecule has 0 atom stereocenters. The molecule has 1 heterocycles. The van der Waals surface area contributed by atoms with E-state index in [0.717, 1.165) is 24.3 Å². The van der Waals surface area contributed by atoms with Crippen LogP contribution in [0.1, 0.15) is 48.2 Å². The molecule has 1 aliphatic heterocycles. The lowest BCUT2D eigenvalue weighted by Gasteiger charge is -2.39. The van der Waals surface area contributed by atoms with E-state index in [4.69, 9.17) is 4.74 Å². The summed E-state index contributed by atoms with van der Waals surface area (Å²) in [5.41, 5.74) is -3.12. The molecular weight excluding hydrogens is 427 g/mol. The largest absolute Gasteiger partial charge is 0.478 e. The van der Waals surface area contributed by atoms with Gasteiger partial charge in [0, 0.05) is 24.2 Å². The third kappa shape index (κ3) is 4.88. The highest BCUT2D eigenvalue weighted by Gasteiger charge is 2.39. The van der Waals surface area contributed by atoms with Crippen molar-refractivity contribution >= 4 is 11.9 Å². The van der Waals surface area contributed by atoms with Crippen LogP contribution < -0.4 is 4.74 Å². The molecule has 0 bridgehead atoms. The molecule has 0 unspecified atom stereocenters. The first-order valence-electron chi connectivity index (χ1n) is 10.0. The van der Waals surface area contributed by atoms with Gasteiger partial charge >= 0.3 is 12.1 Å². The van der Waals surface area contributed by atoms with Gasteiger partial charge in [0.05, 0.1) is 11.2 Å². The fraction of sp³-hybridized carbons (Fsp3) is 0.391. The fourth-order valence-corrected chi connectivity index (χ4v) is 3.59. The van der Waals surface area contributed by atoms with Crippen LogP contribution >= 0.6 is 0 Å². The number of benzene rings is 2. The number of para-hydroxylation sites is 1. The molecule has 32 heavy (non-hydrogen) atoms. The molecule has 1 aliphatic rings. The highest BCUT2D eigenvalue weighted by molar-refractivity contribution is 5.94. The number of amides is 1. The minimum atomic E-state index is -4.48. The first-order chi connectivity index (χ1) is 14.8. The number of hydrogen-bond donors (Lipinski definition) is 2. The summed E-state index contributed by atoms with van der Waals surface area (Å²) in [5, 5.41) is 20.6. The molecule has 0 spiro atoms. The zero-order chi connectivity index (χ0) is 23.7. The van der Waals surface area contributed by atoms with Crippen molar-refractivity contribution < 1.29 is 37.7 Å². The van der Waals surface area contributed by atoms with Gasteiger partial charge in [0.25, 0.3) is 5.91 Å². The summed E-state index contributed by atoms with van der Waals surface area (Å²) in [4.78, 5) is 25.6. The normalized spacial score (nSPS) is 16.5. The summed E-state index contributed by atoms with van der Waals surface area (Å²) in [6.07, 6.45) is -4.16. The molecule has 0 aromatic heterocycles. The van der Waals surface area contributed by atoms with Crippen LogP contribution in [0.3, 0.4) is 0 Å². The highest BCUT2D eigenvalue weighted by atomic mass is 19.4. The van der Waals surface area contributed by atoms with E-state index in [0.29, 0.717) is 5.56 Å². The molecule has 6 nitrogen and oxygen atoms in total. The lowest BCUT2D eigenvalue weighted by Crippen LogP contribution is -2.46. The zero-order valence-corrected chi connectivity index (χ0v) is 17.6. The first kappa shape index (κ1) is 23.6. The number of hydrogen-bond acceptors (Lipinski definition) is 4. The molecule has 1 fully saturated rings. The van der Waals surface area contributed by atoms with E-state index in [9.17, 15) is 33.0 Å². The van der Waals surface area contributed by atoms with E-state index in [1.165, 1.54) is 18.7 Å². The summed E-state index contributed by atoms with van der Waals surface area (Å²) >= 11 is 0. The Hall–Kier alpha value is -3.07. The first-order valence-corrected chi connectivity index (χ1v) is 10.0. The maximum atomic E-state index is 12.7. The molecule has 1 amide bonds. The molecule has 1 saturated heterocycles. The van der Waals surface area contributed by atoms with Crippen LogP contribution in [0.5, 0.6) is 5.75 Å². The van der Waals surface area contributed by atoms with Crippen molar-refractivity contribution in [3.05, 3.63) is 65.2 Å². The van der Waals surface area contributed by atoms with Crippen molar-refractivity contribution in [1.29, 1.82) is 0 Å². The number of alkyl halides is 3. The maximum absolute atomic E-state index is 12.7. The molecular formula is C23H24F3NO5. The number of halogens is 3. The van der Waals surface area contributed by atoms with Crippen LogP contribution in [0.4, 0.5) is 13.2 Å². The van der Waals surface area contributed by atoms with Crippen molar-refractivity contribution in [3.63, 3.8) is 0 Å². The van der Waals surface area contributed by atoms with Gasteiger partial charge in [-0.2, -0.15) is 13.2 Å². The van der Waals surface area contributed by atoms with Gasteiger partial charge < -0.3 is 19.8 Å². The van der Waals surface area contributed by atoms with Crippen molar-refractivity contribution in [1.82, 2.24) is 4.90 Å². The SMILES string of the molecule is CC(C)(Oc1ccccc1C1(O)CCN(C(=O)c2ccc(C(F)(F)F)cc2)CC1)C(=O)O. The Labute approximate surface area is 183 Å². The minimum absolute atomic E-state index is 0.135. The summed E-state index contributed by atoms with van der Waals surface area (Å²) in [6.45, 7) is 3.16. The molecule has 3 rings (SSSR count). The van der Waals surface area contributed by atoms with Crippen LogP contribution in [-0.4, -0.2) is 45.7 Å². The Kier molecular flexibility index (Phi) is 6.24. The Morgan fingerprint density at radius 1 is 1.00 bits per heavy atom. The lowest BCUT2D eigenvalue weighted by atomic mass is 9.83. The Morgan fingerprint density at radius 3 is 2.09 bits per heavy atom. The van der Waals surface area contributed by atoms with Crippen molar-refractivity contribution in [2.24, 2.45) is 0 Å². The molecule has 172 valence electrons. The summed E-state index contributed by atoms with van der Waals surface area (Å²) in [6, 6.07) is 10.6. The number of aliphatic carboxylic acids is 1. The standard InChI is InChI=1S/C23H24F3NO5/c1-21(2,20(29)30)32-18-6-4-3-5-17(18)22(31)11-13-27(14-12-22)19(28)15-7-9-16(10-8-15)23(24,25)26/h3-10,31H,11-14H2,1-2H3,(H,29,30). The van der Waals surface area contributed by atoms with Crippen LogP contribution in [0, 0.1) is 0 Å². The van der Waals surface area contributed by atoms with Gasteiger partial charge in [-0.3, -0.25) is 4.79 Å². The van der Waals surface area contributed by atoms with Crippen LogP contribution in [0.2, 0.25) is 0 Å². The van der Waals surface area contributed by atoms with Crippen LogP contribution in [0.15, 0.2) is 48.5 Å². The molecule has 0 aliphatic carbocycles. The maximum Gasteiger partial charge on any atom is 0.416 e. The van der Waals surface area contributed by atoms with Gasteiger partial charge in [0.1, 0.15) is 5.75 Å². The minimum Gasteiger partial charge on any atom is -0.478 e. The number of nitrogens with zero attached hydrogens (tertiary/aromatic N) is 1. The molecule has 2 aromatic carbocycles. The summed E-state index contributed by atoms with van der Waals surface area (Å²) < 4.78 is 43.9. The predicted octanol–water partition coefficient (Wildman–Crippen LogP) is 4.07. The predicted molar refractivity (Wildman–Crippen MR) is 109 cm³/mol. The van der Waals surface area contributed by atoms with E-state index in [1.807, 2.05) is 0 Å². The summed E-state index contributed by atoms with van der Waals surface area (Å²) in [7, 11) is 0. The number of rotatable bonds is 5. The van der Waals surface area contributed by atoms with Crippen molar-refractivity contribution in [3.8, 4) is 5.75 Å². The average molecular weight is 451 g/mol. The Morgan fingerprint density at radius 2 is 1.56 bits per heavy atom. The second-order valence-electron chi connectivity index (χ2n) is 8.31. The van der Waals surface area contributed by atoms with E-state index in [-0.39, 0.29) is 37.2 Å². The molecule has 0 radical (unpaired) electrons. The quantitative estimate of drug-likeness (QED) is 0.716. The average Bonchev–Trinajstić information content (AvgIpc) is 2.73. The number of carbonyl (C=O) groups excluding carboxylic acids is 1. The second-order valence-corrected chi connectivity index (χ2v) is 8.31. The van der Waals surface area contributed by atoms with Gasteiger partial charge in [0.2, 0.25) is 0 Å². The zero-order valence-electron chi connectivity index (χ0n) is 17.6. The number of ether oxygens (including phenoxy) is 1. The van der Waals surface area contributed by atoms with E-state index >= 15 is 0 Å². The van der Waals surface area contributed by atoms with Crippen molar-refractivity contribution in [2.75, 3.05) is 13.1 Å². The smallest absolute Gasteiger partial charge is 0.416 e. The third-order valence-electron chi connectivity index (χ3n) is 5.61. The number of carboxylic acid groups (broad SMARTS) is 1. The molecule has 0 saturated carbocycles. The van der Waals surface area contributed by atoms with Gasteiger partial charge in [-0.05, 0) is 57.0 Å². The summed E-state index contributed by atoms with van der Waals surface area (Å²) in [5.74, 6) is -1.33. The van der Waals surface area contributed by atoms with Gasteiger partial charge in [-0.15, -0.1) is 0 Å². The van der Waals surface area contributed by atoms with E-state index < -0.39 is 34.8 Å². The Balaban J connectivity index is 1.74. The number of carboxylic acids is 1. The van der Waals surface area contributed by atoms with Crippen LogP contribution in [-0.2, 0) is 16.6 Å². The fourth-order valence-electron chi connectivity index (χ4n) is 3.59. The monoisotopic (exact) mass is 451 g/mol. The van der Waals surface area contributed by atoms with Crippen LogP contribution in [0.25, 0.3) is 0 Å². The number of carbonyl (C=O) groups is 2. The highest BCUT2D eigenvalue weighted by Crippen LogP contribution is 2.39. The van der Waals surface area contributed by atoms with Crippen molar-refractivity contribution in [2.45, 2.75) is 44.1 Å². The topological polar surface area (TPSA) is 87.1 Å². The Bertz CT molecular complexity index is 993.